The van der Waals surface area contributed by atoms with Crippen LogP contribution in [0.25, 0.3) is 0 Å². The quantitative estimate of drug-likeness (QED) is 0.203. The average molecular weight is 346 g/mol. The van der Waals surface area contributed by atoms with E-state index in [9.17, 15) is 17.6 Å². The summed E-state index contributed by atoms with van der Waals surface area (Å²) < 4.78 is 81.3. The van der Waals surface area contributed by atoms with E-state index in [4.69, 9.17) is 17.5 Å². The summed E-state index contributed by atoms with van der Waals surface area (Å²) >= 11 is 0. The van der Waals surface area contributed by atoms with Crippen molar-refractivity contribution in [2.24, 2.45) is 0 Å². The Morgan fingerprint density at radius 2 is 1.27 bits per heavy atom. The molecule has 0 saturated carbocycles. The Kier molecular flexibility index (Phi) is 19.7. The summed E-state index contributed by atoms with van der Waals surface area (Å²) in [6.45, 7) is 2.53. The fourth-order valence-electron chi connectivity index (χ4n) is 1.53. The van der Waals surface area contributed by atoms with Gasteiger partial charge in [-0.1, -0.05) is 32.1 Å². The molecule has 2 N–H and O–H groups in total. The predicted octanol–water partition coefficient (Wildman–Crippen LogP) is 0.886. The number of halogens is 4. The van der Waals surface area contributed by atoms with Gasteiger partial charge in [0.1, 0.15) is 12.3 Å². The molecular formula is C12H23F4LiO4S. The van der Waals surface area contributed by atoms with Crippen molar-refractivity contribution in [3.63, 3.8) is 0 Å². The molecule has 0 aromatic rings. The maximum absolute atomic E-state index is 13.0. The zero-order valence-electron chi connectivity index (χ0n) is 12.7. The van der Waals surface area contributed by atoms with E-state index < -0.39 is 28.9 Å². The van der Waals surface area contributed by atoms with Gasteiger partial charge >= 0.3 is 29.3 Å². The second kappa shape index (κ2) is 16.1. The zero-order valence-corrected chi connectivity index (χ0v) is 13.5. The van der Waals surface area contributed by atoms with Crippen molar-refractivity contribution in [1.29, 1.82) is 0 Å². The molecule has 0 saturated heterocycles. The third-order valence-corrected chi connectivity index (χ3v) is 2.55. The van der Waals surface area contributed by atoms with E-state index >= 15 is 0 Å². The summed E-state index contributed by atoms with van der Waals surface area (Å²) in [4.78, 5) is 0. The van der Waals surface area contributed by atoms with Crippen molar-refractivity contribution >= 4 is 10.4 Å². The topological polar surface area (TPSA) is 74.6 Å². The van der Waals surface area contributed by atoms with E-state index in [-0.39, 0.29) is 32.0 Å². The molecule has 0 bridgehead atoms. The standard InChI is InChI=1S/C12H21F4.Li.H2O4S/c1-10(14)12(16)11(15)8-6-4-2-3-5-7-9-13;;1-5(2,3)4/h10-12H,1-9H2;;(H2,1,2,3,4)/q-1;+1;. The fraction of sp³-hybridized carbons (Fsp3) is 0.917. The molecule has 0 amide bonds. The normalized spacial score (nSPS) is 15.0. The van der Waals surface area contributed by atoms with E-state index in [1.165, 1.54) is 0 Å². The van der Waals surface area contributed by atoms with Gasteiger partial charge in [-0.3, -0.25) is 17.9 Å². The largest absolute Gasteiger partial charge is 1.00 e. The summed E-state index contributed by atoms with van der Waals surface area (Å²) in [5.74, 6) is 0. The third kappa shape index (κ3) is 25.2. The van der Waals surface area contributed by atoms with Crippen LogP contribution < -0.4 is 18.9 Å². The van der Waals surface area contributed by atoms with Crippen LogP contribution >= 0.6 is 0 Å². The fourth-order valence-corrected chi connectivity index (χ4v) is 1.53. The second-order valence-electron chi connectivity index (χ2n) is 4.52. The molecule has 0 aromatic heterocycles. The number of hydrogen-bond donors (Lipinski definition) is 2. The first-order valence-corrected chi connectivity index (χ1v) is 8.00. The molecule has 3 atom stereocenters. The number of rotatable bonds is 10. The molecule has 0 aromatic carbocycles. The molecular weight excluding hydrogens is 323 g/mol. The van der Waals surface area contributed by atoms with Crippen LogP contribution in [0.4, 0.5) is 17.6 Å². The molecule has 4 nitrogen and oxygen atoms in total. The van der Waals surface area contributed by atoms with Gasteiger partial charge in [0.15, 0.2) is 0 Å². The molecule has 0 radical (unpaired) electrons. The molecule has 0 spiro atoms. The first-order chi connectivity index (χ1) is 9.59. The van der Waals surface area contributed by atoms with E-state index in [1.54, 1.807) is 0 Å². The Hall–Kier alpha value is 0.187. The maximum Gasteiger partial charge on any atom is 1.00 e. The van der Waals surface area contributed by atoms with Crippen molar-refractivity contribution in [2.45, 2.75) is 63.5 Å². The van der Waals surface area contributed by atoms with Crippen LogP contribution in [0.5, 0.6) is 0 Å². The minimum Gasteiger partial charge on any atom is -0.307 e. The van der Waals surface area contributed by atoms with Crippen LogP contribution in [0.3, 0.4) is 0 Å². The maximum atomic E-state index is 13.0. The van der Waals surface area contributed by atoms with Gasteiger partial charge in [0.25, 0.3) is 0 Å². The molecule has 0 heterocycles. The van der Waals surface area contributed by atoms with Crippen LogP contribution in [-0.2, 0) is 10.4 Å². The Morgan fingerprint density at radius 1 is 0.909 bits per heavy atom. The molecule has 0 rings (SSSR count). The van der Waals surface area contributed by atoms with Crippen molar-refractivity contribution in [1.82, 2.24) is 0 Å². The van der Waals surface area contributed by atoms with Gasteiger partial charge in [-0.2, -0.15) is 8.42 Å². The van der Waals surface area contributed by atoms with Gasteiger partial charge in [-0.05, 0) is 12.8 Å². The minimum absolute atomic E-state index is 0. The Bertz CT molecular complexity index is 323. The van der Waals surface area contributed by atoms with Crippen LogP contribution in [0.1, 0.15) is 44.9 Å². The van der Waals surface area contributed by atoms with E-state index in [0.29, 0.717) is 12.8 Å². The molecule has 0 fully saturated rings. The summed E-state index contributed by atoms with van der Waals surface area (Å²) in [5, 5.41) is 0. The summed E-state index contributed by atoms with van der Waals surface area (Å²) in [6, 6.07) is 0. The number of alkyl halides is 4. The molecule has 0 aliphatic heterocycles. The van der Waals surface area contributed by atoms with Gasteiger partial charge in [0, 0.05) is 6.17 Å². The van der Waals surface area contributed by atoms with Gasteiger partial charge in [0.05, 0.1) is 6.67 Å². The van der Waals surface area contributed by atoms with Crippen molar-refractivity contribution in [3.8, 4) is 0 Å². The Balaban J connectivity index is -0.000000520. The Labute approximate surface area is 141 Å². The first-order valence-electron chi connectivity index (χ1n) is 6.60. The van der Waals surface area contributed by atoms with E-state index in [1.807, 2.05) is 0 Å². The molecule has 10 heteroatoms. The molecule has 0 aliphatic rings. The van der Waals surface area contributed by atoms with Gasteiger partial charge in [-0.15, -0.1) is 0 Å². The first kappa shape index (κ1) is 27.1. The van der Waals surface area contributed by atoms with E-state index in [2.05, 4.69) is 6.92 Å². The SMILES string of the molecule is O=S(=O)(O)O.[CH2-]C(F)C(F)C(F)CCCCCCCCF.[Li+]. The van der Waals surface area contributed by atoms with Crippen molar-refractivity contribution in [2.75, 3.05) is 6.67 Å². The average Bonchev–Trinajstić information content (AvgIpc) is 2.34. The smallest absolute Gasteiger partial charge is 0.307 e. The zero-order chi connectivity index (χ0) is 16.9. The van der Waals surface area contributed by atoms with Gasteiger partial charge in [-0.25, -0.2) is 8.78 Å². The monoisotopic (exact) mass is 346 g/mol. The molecule has 0 aliphatic carbocycles. The van der Waals surface area contributed by atoms with Crippen LogP contribution in [0.2, 0.25) is 0 Å². The van der Waals surface area contributed by atoms with Gasteiger partial charge < -0.3 is 6.92 Å². The second-order valence-corrected chi connectivity index (χ2v) is 5.42. The van der Waals surface area contributed by atoms with Crippen molar-refractivity contribution < 1.29 is 53.9 Å². The minimum atomic E-state index is -4.67. The van der Waals surface area contributed by atoms with Gasteiger partial charge in [0.2, 0.25) is 0 Å². The van der Waals surface area contributed by atoms with Crippen LogP contribution in [-0.4, -0.2) is 42.7 Å². The molecule has 22 heavy (non-hydrogen) atoms. The summed E-state index contributed by atoms with van der Waals surface area (Å²) in [7, 11) is -4.67. The number of unbranched alkanes of at least 4 members (excludes halogenated alkanes) is 5. The predicted molar refractivity (Wildman–Crippen MR) is 72.5 cm³/mol. The summed E-state index contributed by atoms with van der Waals surface area (Å²) in [5.41, 5.74) is 0. The molecule has 130 valence electrons. The Morgan fingerprint density at radius 3 is 1.64 bits per heavy atom. The third-order valence-electron chi connectivity index (χ3n) is 2.55. The van der Waals surface area contributed by atoms with E-state index in [0.717, 1.165) is 25.7 Å². The summed E-state index contributed by atoms with van der Waals surface area (Å²) in [6.07, 6.45) is -1.24. The molecule has 3 unspecified atom stereocenters. The van der Waals surface area contributed by atoms with Crippen LogP contribution in [0.15, 0.2) is 0 Å². The van der Waals surface area contributed by atoms with Crippen molar-refractivity contribution in [3.05, 3.63) is 6.92 Å². The van der Waals surface area contributed by atoms with Crippen LogP contribution in [0, 0.1) is 6.92 Å². The number of hydrogen-bond acceptors (Lipinski definition) is 2.